The summed E-state index contributed by atoms with van der Waals surface area (Å²) in [5, 5.41) is 2.23. The minimum absolute atomic E-state index is 0.139. The van der Waals surface area contributed by atoms with Crippen molar-refractivity contribution in [2.75, 3.05) is 18.0 Å². The highest BCUT2D eigenvalue weighted by Gasteiger charge is 2.34. The molecule has 6 heteroatoms. The maximum absolute atomic E-state index is 13.3. The normalized spacial score (nSPS) is 18.2. The molecule has 0 saturated carbocycles. The van der Waals surface area contributed by atoms with Crippen molar-refractivity contribution in [1.29, 1.82) is 0 Å². The smallest absolute Gasteiger partial charge is 0.251 e. The summed E-state index contributed by atoms with van der Waals surface area (Å²) in [7, 11) is 0. The lowest BCUT2D eigenvalue weighted by atomic mass is 10.1. The number of nitrogens with zero attached hydrogens (tertiary/aromatic N) is 2. The number of aromatic nitrogens is 1. The van der Waals surface area contributed by atoms with E-state index in [1.807, 2.05) is 30.0 Å². The Bertz CT molecular complexity index is 696. The van der Waals surface area contributed by atoms with Crippen molar-refractivity contribution < 1.29 is 8.78 Å². The minimum Gasteiger partial charge on any atom is -0.356 e. The monoisotopic (exact) mass is 374 g/mol. The Labute approximate surface area is 135 Å². The number of rotatable bonds is 1. The SMILES string of the molecule is Cc1cc(Br)c2cc(N3CCC(F)(F)CC3)nc(Cl)c2c1. The zero-order valence-electron chi connectivity index (χ0n) is 11.5. The third-order valence-corrected chi connectivity index (χ3v) is 4.75. The van der Waals surface area contributed by atoms with Gasteiger partial charge in [0.15, 0.2) is 0 Å². The van der Waals surface area contributed by atoms with Gasteiger partial charge in [0, 0.05) is 41.2 Å². The summed E-state index contributed by atoms with van der Waals surface area (Å²) in [6.45, 7) is 2.58. The molecule has 2 nitrogen and oxygen atoms in total. The molecule has 0 atom stereocenters. The van der Waals surface area contributed by atoms with Crippen molar-refractivity contribution in [3.63, 3.8) is 0 Å². The van der Waals surface area contributed by atoms with E-state index in [2.05, 4.69) is 20.9 Å². The summed E-state index contributed by atoms with van der Waals surface area (Å²) in [5.74, 6) is -1.90. The molecule has 2 aromatic rings. The second kappa shape index (κ2) is 5.36. The molecule has 0 aliphatic carbocycles. The molecular weight excluding hydrogens is 362 g/mol. The molecule has 0 unspecified atom stereocenters. The van der Waals surface area contributed by atoms with E-state index < -0.39 is 5.92 Å². The number of piperidine rings is 1. The number of hydrogen-bond donors (Lipinski definition) is 0. The molecule has 21 heavy (non-hydrogen) atoms. The average Bonchev–Trinajstić information content (AvgIpc) is 2.40. The molecule has 0 N–H and O–H groups in total. The number of hydrogen-bond acceptors (Lipinski definition) is 2. The minimum atomic E-state index is -2.56. The van der Waals surface area contributed by atoms with Gasteiger partial charge in [0.25, 0.3) is 5.92 Å². The van der Waals surface area contributed by atoms with Crippen LogP contribution in [0.1, 0.15) is 18.4 Å². The van der Waals surface area contributed by atoms with Gasteiger partial charge in [0.05, 0.1) is 0 Å². The zero-order valence-corrected chi connectivity index (χ0v) is 13.8. The molecule has 3 rings (SSSR count). The van der Waals surface area contributed by atoms with Crippen LogP contribution in [-0.4, -0.2) is 24.0 Å². The maximum atomic E-state index is 13.3. The molecule has 1 fully saturated rings. The van der Waals surface area contributed by atoms with Gasteiger partial charge in [-0.2, -0.15) is 0 Å². The number of pyridine rings is 1. The highest BCUT2D eigenvalue weighted by Crippen LogP contribution is 2.35. The second-order valence-corrected chi connectivity index (χ2v) is 6.67. The molecule has 0 spiro atoms. The highest BCUT2D eigenvalue weighted by molar-refractivity contribution is 9.10. The number of aryl methyl sites for hydroxylation is 1. The van der Waals surface area contributed by atoms with Crippen LogP contribution >= 0.6 is 27.5 Å². The summed E-state index contributed by atoms with van der Waals surface area (Å²) in [6, 6.07) is 5.89. The summed E-state index contributed by atoms with van der Waals surface area (Å²) in [5.41, 5.74) is 1.09. The van der Waals surface area contributed by atoms with Crippen molar-refractivity contribution in [3.8, 4) is 0 Å². The van der Waals surface area contributed by atoms with Crippen LogP contribution < -0.4 is 4.90 Å². The van der Waals surface area contributed by atoms with Crippen LogP contribution in [0, 0.1) is 6.92 Å². The fourth-order valence-electron chi connectivity index (χ4n) is 2.62. The summed E-state index contributed by atoms with van der Waals surface area (Å²) in [6.07, 6.45) is -0.279. The second-order valence-electron chi connectivity index (χ2n) is 5.46. The van der Waals surface area contributed by atoms with Gasteiger partial charge in [-0.1, -0.05) is 27.5 Å². The molecule has 1 aromatic carbocycles. The van der Waals surface area contributed by atoms with Gasteiger partial charge in [0.1, 0.15) is 11.0 Å². The van der Waals surface area contributed by atoms with Crippen molar-refractivity contribution in [2.24, 2.45) is 0 Å². The first-order valence-electron chi connectivity index (χ1n) is 6.75. The van der Waals surface area contributed by atoms with Crippen LogP contribution in [0.2, 0.25) is 5.15 Å². The molecule has 1 aliphatic heterocycles. The number of fused-ring (bicyclic) bond motifs is 1. The van der Waals surface area contributed by atoms with Gasteiger partial charge in [0.2, 0.25) is 0 Å². The molecule has 1 aromatic heterocycles. The van der Waals surface area contributed by atoms with E-state index in [-0.39, 0.29) is 12.8 Å². The third kappa shape index (κ3) is 2.99. The number of benzene rings is 1. The summed E-state index contributed by atoms with van der Waals surface area (Å²) < 4.78 is 27.4. The van der Waals surface area contributed by atoms with E-state index in [4.69, 9.17) is 11.6 Å². The molecule has 0 amide bonds. The van der Waals surface area contributed by atoms with Gasteiger partial charge < -0.3 is 4.90 Å². The van der Waals surface area contributed by atoms with Crippen molar-refractivity contribution >= 4 is 44.1 Å². The Morgan fingerprint density at radius 1 is 1.19 bits per heavy atom. The summed E-state index contributed by atoms with van der Waals surface area (Å²) >= 11 is 9.81. The van der Waals surface area contributed by atoms with E-state index in [0.717, 1.165) is 20.8 Å². The molecular formula is C15H14BrClF2N2. The third-order valence-electron chi connectivity index (χ3n) is 3.80. The van der Waals surface area contributed by atoms with Crippen molar-refractivity contribution in [1.82, 2.24) is 4.98 Å². The van der Waals surface area contributed by atoms with Crippen LogP contribution in [-0.2, 0) is 0 Å². The van der Waals surface area contributed by atoms with E-state index in [0.29, 0.717) is 24.1 Å². The van der Waals surface area contributed by atoms with Crippen LogP contribution in [0.25, 0.3) is 10.8 Å². The Morgan fingerprint density at radius 2 is 1.86 bits per heavy atom. The highest BCUT2D eigenvalue weighted by atomic mass is 79.9. The fraction of sp³-hybridized carbons (Fsp3) is 0.400. The van der Waals surface area contributed by atoms with Gasteiger partial charge in [-0.05, 0) is 30.7 Å². The molecule has 1 aliphatic rings. The standard InChI is InChI=1S/C15H14BrClF2N2/c1-9-6-11-10(12(16)7-9)8-13(20-14(11)17)21-4-2-15(18,19)3-5-21/h6-8H,2-5H2,1H3. The number of anilines is 1. The quantitative estimate of drug-likeness (QED) is 0.637. The number of halogens is 4. The topological polar surface area (TPSA) is 16.1 Å². The predicted octanol–water partition coefficient (Wildman–Crippen LogP) is 5.19. The first-order chi connectivity index (χ1) is 9.85. The Morgan fingerprint density at radius 3 is 2.52 bits per heavy atom. The lowest BCUT2D eigenvalue weighted by Crippen LogP contribution is -2.39. The average molecular weight is 376 g/mol. The number of alkyl halides is 2. The Kier molecular flexibility index (Phi) is 3.82. The van der Waals surface area contributed by atoms with Crippen molar-refractivity contribution in [3.05, 3.63) is 33.4 Å². The van der Waals surface area contributed by atoms with Gasteiger partial charge in [-0.3, -0.25) is 0 Å². The van der Waals surface area contributed by atoms with Gasteiger partial charge in [-0.25, -0.2) is 13.8 Å². The van der Waals surface area contributed by atoms with E-state index in [1.54, 1.807) is 0 Å². The first kappa shape index (κ1) is 15.0. The first-order valence-corrected chi connectivity index (χ1v) is 7.92. The fourth-order valence-corrected chi connectivity index (χ4v) is 3.55. The maximum Gasteiger partial charge on any atom is 0.251 e. The van der Waals surface area contributed by atoms with E-state index in [1.165, 1.54) is 0 Å². The van der Waals surface area contributed by atoms with Crippen molar-refractivity contribution in [2.45, 2.75) is 25.7 Å². The lowest BCUT2D eigenvalue weighted by molar-refractivity contribution is -0.0221. The lowest BCUT2D eigenvalue weighted by Gasteiger charge is -2.32. The Balaban J connectivity index is 2.01. The molecule has 2 heterocycles. The summed E-state index contributed by atoms with van der Waals surface area (Å²) in [4.78, 5) is 6.25. The predicted molar refractivity (Wildman–Crippen MR) is 85.6 cm³/mol. The molecule has 0 bridgehead atoms. The van der Waals surface area contributed by atoms with Crippen LogP contribution in [0.5, 0.6) is 0 Å². The molecule has 0 radical (unpaired) electrons. The zero-order chi connectivity index (χ0) is 15.2. The molecule has 112 valence electrons. The van der Waals surface area contributed by atoms with Crippen LogP contribution in [0.4, 0.5) is 14.6 Å². The van der Waals surface area contributed by atoms with Gasteiger partial charge >= 0.3 is 0 Å². The van der Waals surface area contributed by atoms with Crippen LogP contribution in [0.15, 0.2) is 22.7 Å². The Hall–Kier alpha value is -0.940. The van der Waals surface area contributed by atoms with Crippen LogP contribution in [0.3, 0.4) is 0 Å². The molecule has 1 saturated heterocycles. The van der Waals surface area contributed by atoms with Gasteiger partial charge in [-0.15, -0.1) is 0 Å². The van der Waals surface area contributed by atoms with E-state index >= 15 is 0 Å². The van der Waals surface area contributed by atoms with E-state index in [9.17, 15) is 8.78 Å². The largest absolute Gasteiger partial charge is 0.356 e.